The highest BCUT2D eigenvalue weighted by molar-refractivity contribution is 5.68. The first-order chi connectivity index (χ1) is 10.3. The van der Waals surface area contributed by atoms with Crippen LogP contribution in [0.4, 0.5) is 0 Å². The molecule has 0 bridgehead atoms. The van der Waals surface area contributed by atoms with Gasteiger partial charge in [0.1, 0.15) is 0 Å². The predicted molar refractivity (Wildman–Crippen MR) is 89.3 cm³/mol. The van der Waals surface area contributed by atoms with Gasteiger partial charge in [0.15, 0.2) is 0 Å². The van der Waals surface area contributed by atoms with Crippen molar-refractivity contribution in [1.82, 2.24) is 0 Å². The third-order valence-corrected chi connectivity index (χ3v) is 5.18. The van der Waals surface area contributed by atoms with Gasteiger partial charge in [-0.05, 0) is 18.3 Å². The maximum Gasteiger partial charge on any atom is 0.305 e. The molecule has 0 unspecified atom stereocenters. The van der Waals surface area contributed by atoms with Gasteiger partial charge in [0.25, 0.3) is 0 Å². The van der Waals surface area contributed by atoms with Crippen molar-refractivity contribution in [2.24, 2.45) is 11.8 Å². The van der Waals surface area contributed by atoms with E-state index >= 15 is 0 Å². The Hall–Kier alpha value is -0.530. The Morgan fingerprint density at radius 3 is 2.10 bits per heavy atom. The van der Waals surface area contributed by atoms with Crippen molar-refractivity contribution in [3.05, 3.63) is 0 Å². The molecule has 0 aromatic carbocycles. The van der Waals surface area contributed by atoms with Crippen molar-refractivity contribution in [2.75, 3.05) is 7.11 Å². The topological polar surface area (TPSA) is 26.3 Å². The summed E-state index contributed by atoms with van der Waals surface area (Å²) < 4.78 is 4.65. The quantitative estimate of drug-likeness (QED) is 0.332. The van der Waals surface area contributed by atoms with Crippen LogP contribution >= 0.6 is 0 Å². The van der Waals surface area contributed by atoms with E-state index in [1.165, 1.54) is 84.2 Å². The molecule has 2 nitrogen and oxygen atoms in total. The van der Waals surface area contributed by atoms with E-state index in [0.29, 0.717) is 6.42 Å². The van der Waals surface area contributed by atoms with Crippen molar-refractivity contribution in [1.29, 1.82) is 0 Å². The summed E-state index contributed by atoms with van der Waals surface area (Å²) in [6.07, 6.45) is 18.4. The van der Waals surface area contributed by atoms with Gasteiger partial charge < -0.3 is 4.74 Å². The van der Waals surface area contributed by atoms with Gasteiger partial charge in [0.2, 0.25) is 0 Å². The largest absolute Gasteiger partial charge is 0.469 e. The van der Waals surface area contributed by atoms with Crippen molar-refractivity contribution in [3.8, 4) is 0 Å². The third-order valence-electron chi connectivity index (χ3n) is 5.18. The van der Waals surface area contributed by atoms with E-state index in [0.717, 1.165) is 18.3 Å². The number of rotatable bonds is 12. The van der Waals surface area contributed by atoms with E-state index in [1.54, 1.807) is 0 Å². The van der Waals surface area contributed by atoms with Gasteiger partial charge in [0.05, 0.1) is 7.11 Å². The molecule has 2 heteroatoms. The molecule has 1 aliphatic rings. The summed E-state index contributed by atoms with van der Waals surface area (Å²) in [6.45, 7) is 2.31. The Morgan fingerprint density at radius 1 is 0.905 bits per heavy atom. The summed E-state index contributed by atoms with van der Waals surface area (Å²) in [6, 6.07) is 0. The van der Waals surface area contributed by atoms with Crippen LogP contribution in [0, 0.1) is 11.8 Å². The molecule has 0 spiro atoms. The highest BCUT2D eigenvalue weighted by Crippen LogP contribution is 2.38. The van der Waals surface area contributed by atoms with Gasteiger partial charge in [-0.2, -0.15) is 0 Å². The molecule has 124 valence electrons. The Bertz CT molecular complexity index is 262. The Kier molecular flexibility index (Phi) is 10.6. The van der Waals surface area contributed by atoms with Gasteiger partial charge in [0, 0.05) is 6.42 Å². The zero-order valence-electron chi connectivity index (χ0n) is 14.4. The smallest absolute Gasteiger partial charge is 0.305 e. The first kappa shape index (κ1) is 18.5. The summed E-state index contributed by atoms with van der Waals surface area (Å²) in [5, 5.41) is 0. The van der Waals surface area contributed by atoms with E-state index in [4.69, 9.17) is 0 Å². The molecule has 0 heterocycles. The molecular formula is C19H36O2. The second-order valence-electron chi connectivity index (χ2n) is 6.83. The third kappa shape index (κ3) is 8.48. The maximum absolute atomic E-state index is 11.0. The molecule has 1 aliphatic carbocycles. The maximum atomic E-state index is 11.0. The molecular weight excluding hydrogens is 260 g/mol. The number of unbranched alkanes of at least 4 members (excludes halogenated alkanes) is 6. The van der Waals surface area contributed by atoms with E-state index in [1.807, 2.05) is 0 Å². The summed E-state index contributed by atoms with van der Waals surface area (Å²) >= 11 is 0. The number of hydrogen-bond donors (Lipinski definition) is 0. The van der Waals surface area contributed by atoms with Crippen LogP contribution in [0.3, 0.4) is 0 Å². The fourth-order valence-electron chi connectivity index (χ4n) is 3.83. The molecule has 1 saturated carbocycles. The summed E-state index contributed by atoms with van der Waals surface area (Å²) in [7, 11) is 1.47. The van der Waals surface area contributed by atoms with Crippen molar-refractivity contribution in [2.45, 2.75) is 96.8 Å². The lowest BCUT2D eigenvalue weighted by atomic mass is 9.87. The number of methoxy groups -OCH3 is 1. The summed E-state index contributed by atoms with van der Waals surface area (Å²) in [4.78, 5) is 11.0. The van der Waals surface area contributed by atoms with Crippen molar-refractivity contribution in [3.63, 3.8) is 0 Å². The van der Waals surface area contributed by atoms with Crippen LogP contribution in [-0.4, -0.2) is 13.1 Å². The van der Waals surface area contributed by atoms with Gasteiger partial charge >= 0.3 is 5.97 Å². The van der Waals surface area contributed by atoms with E-state index < -0.39 is 0 Å². The standard InChI is InChI=1S/C19H36O2/c1-3-4-12-17-14-11-15-18(17)13-9-7-5-6-8-10-16-19(20)21-2/h17-18H,3-16H2,1-2H3/t17-,18+/m1/s1. The molecule has 1 fully saturated rings. The van der Waals surface area contributed by atoms with Crippen LogP contribution in [-0.2, 0) is 9.53 Å². The monoisotopic (exact) mass is 296 g/mol. The van der Waals surface area contributed by atoms with Gasteiger partial charge in [-0.3, -0.25) is 4.79 Å². The molecule has 0 aromatic heterocycles. The number of carbonyl (C=O) groups is 1. The first-order valence-electron chi connectivity index (χ1n) is 9.34. The van der Waals surface area contributed by atoms with Crippen LogP contribution in [0.5, 0.6) is 0 Å². The van der Waals surface area contributed by atoms with Gasteiger partial charge in [-0.25, -0.2) is 0 Å². The lowest BCUT2D eigenvalue weighted by molar-refractivity contribution is -0.140. The van der Waals surface area contributed by atoms with E-state index in [2.05, 4.69) is 11.7 Å². The Balaban J connectivity index is 1.92. The first-order valence-corrected chi connectivity index (χ1v) is 9.34. The van der Waals surface area contributed by atoms with Crippen LogP contribution in [0.15, 0.2) is 0 Å². The summed E-state index contributed by atoms with van der Waals surface area (Å²) in [5.74, 6) is 2.02. The molecule has 0 N–H and O–H groups in total. The van der Waals surface area contributed by atoms with Crippen LogP contribution < -0.4 is 0 Å². The van der Waals surface area contributed by atoms with Crippen LogP contribution in [0.1, 0.15) is 96.8 Å². The SMILES string of the molecule is CCCC[C@@H]1CCC[C@@H]1CCCCCCCCC(=O)OC. The lowest BCUT2D eigenvalue weighted by Crippen LogP contribution is -2.07. The minimum Gasteiger partial charge on any atom is -0.469 e. The molecule has 0 amide bonds. The average molecular weight is 296 g/mol. The molecule has 0 aromatic rings. The fourth-order valence-corrected chi connectivity index (χ4v) is 3.83. The highest BCUT2D eigenvalue weighted by Gasteiger charge is 2.25. The molecule has 21 heavy (non-hydrogen) atoms. The molecule has 0 aliphatic heterocycles. The fraction of sp³-hybridized carbons (Fsp3) is 0.947. The second kappa shape index (κ2) is 12.1. The highest BCUT2D eigenvalue weighted by atomic mass is 16.5. The minimum absolute atomic E-state index is 0.0608. The normalized spacial score (nSPS) is 21.6. The van der Waals surface area contributed by atoms with Gasteiger partial charge in [-0.15, -0.1) is 0 Å². The molecule has 1 rings (SSSR count). The van der Waals surface area contributed by atoms with Gasteiger partial charge in [-0.1, -0.05) is 84.0 Å². The van der Waals surface area contributed by atoms with E-state index in [-0.39, 0.29) is 5.97 Å². The minimum atomic E-state index is -0.0608. The number of carbonyl (C=O) groups excluding carboxylic acids is 1. The van der Waals surface area contributed by atoms with Crippen LogP contribution in [0.2, 0.25) is 0 Å². The Morgan fingerprint density at radius 2 is 1.48 bits per heavy atom. The zero-order chi connectivity index (χ0) is 15.3. The molecule has 0 saturated heterocycles. The Labute approximate surface area is 132 Å². The average Bonchev–Trinajstić information content (AvgIpc) is 2.94. The molecule has 0 radical (unpaired) electrons. The second-order valence-corrected chi connectivity index (χ2v) is 6.83. The molecule has 2 atom stereocenters. The number of hydrogen-bond acceptors (Lipinski definition) is 2. The van der Waals surface area contributed by atoms with Crippen molar-refractivity contribution >= 4 is 5.97 Å². The predicted octanol–water partition coefficient (Wildman–Crippen LogP) is 5.89. The van der Waals surface area contributed by atoms with E-state index in [9.17, 15) is 4.79 Å². The summed E-state index contributed by atoms with van der Waals surface area (Å²) in [5.41, 5.74) is 0. The van der Waals surface area contributed by atoms with Crippen molar-refractivity contribution < 1.29 is 9.53 Å². The lowest BCUT2D eigenvalue weighted by Gasteiger charge is -2.19. The number of esters is 1. The zero-order valence-corrected chi connectivity index (χ0v) is 14.4. The number of ether oxygens (including phenoxy) is 1. The van der Waals surface area contributed by atoms with Crippen LogP contribution in [0.25, 0.3) is 0 Å².